The fourth-order valence-corrected chi connectivity index (χ4v) is 2.91. The maximum atomic E-state index is 4.47. The molecule has 0 atom stereocenters. The van der Waals surface area contributed by atoms with Crippen molar-refractivity contribution in [1.82, 2.24) is 15.3 Å². The topological polar surface area (TPSA) is 61.9 Å². The van der Waals surface area contributed by atoms with Crippen LogP contribution < -0.4 is 16.0 Å². The van der Waals surface area contributed by atoms with Crippen LogP contribution in [0.15, 0.2) is 24.3 Å². The molecule has 1 aliphatic rings. The van der Waals surface area contributed by atoms with E-state index in [0.29, 0.717) is 5.95 Å². The number of hydrogen-bond acceptors (Lipinski definition) is 5. The van der Waals surface area contributed by atoms with E-state index in [4.69, 9.17) is 0 Å². The summed E-state index contributed by atoms with van der Waals surface area (Å²) in [6, 6.07) is 8.57. The van der Waals surface area contributed by atoms with Crippen LogP contribution >= 0.6 is 0 Å². The molecule has 0 saturated heterocycles. The predicted octanol–water partition coefficient (Wildman–Crippen LogP) is 3.95. The second kappa shape index (κ2) is 7.62. The van der Waals surface area contributed by atoms with Gasteiger partial charge in [0.25, 0.3) is 0 Å². The largest absolute Gasteiger partial charge is 0.373 e. The molecule has 0 radical (unpaired) electrons. The van der Waals surface area contributed by atoms with Crippen molar-refractivity contribution < 1.29 is 0 Å². The predicted molar refractivity (Wildman–Crippen MR) is 100 cm³/mol. The Bertz CT molecular complexity index is 694. The van der Waals surface area contributed by atoms with Crippen molar-refractivity contribution in [2.24, 2.45) is 0 Å². The van der Waals surface area contributed by atoms with Crippen LogP contribution in [0, 0.1) is 6.92 Å². The molecule has 1 aromatic carbocycles. The second-order valence-corrected chi connectivity index (χ2v) is 6.46. The van der Waals surface area contributed by atoms with Crippen LogP contribution in [0.2, 0.25) is 0 Å². The van der Waals surface area contributed by atoms with Crippen LogP contribution in [0.5, 0.6) is 0 Å². The molecule has 5 heteroatoms. The molecule has 0 unspecified atom stereocenters. The van der Waals surface area contributed by atoms with E-state index in [1.807, 2.05) is 20.0 Å². The lowest BCUT2D eigenvalue weighted by molar-refractivity contribution is 0.671. The lowest BCUT2D eigenvalue weighted by atomic mass is 10.0. The van der Waals surface area contributed by atoms with Crippen LogP contribution in [0.3, 0.4) is 0 Å². The third-order valence-electron chi connectivity index (χ3n) is 4.27. The number of aryl methyl sites for hydroxylation is 1. The highest BCUT2D eigenvalue weighted by atomic mass is 15.1. The summed E-state index contributed by atoms with van der Waals surface area (Å²) < 4.78 is 0. The Kier molecular flexibility index (Phi) is 5.30. The van der Waals surface area contributed by atoms with E-state index in [0.717, 1.165) is 42.6 Å². The van der Waals surface area contributed by atoms with Gasteiger partial charge in [0.05, 0.1) is 0 Å². The minimum absolute atomic E-state index is 0.631. The number of benzene rings is 1. The van der Waals surface area contributed by atoms with Crippen LogP contribution in [-0.4, -0.2) is 23.6 Å². The Hall–Kier alpha value is -2.14. The van der Waals surface area contributed by atoms with Gasteiger partial charge in [0.1, 0.15) is 5.82 Å². The normalized spacial score (nSPS) is 13.8. The summed E-state index contributed by atoms with van der Waals surface area (Å²) in [5.74, 6) is 2.21. The van der Waals surface area contributed by atoms with Crippen molar-refractivity contribution >= 4 is 17.5 Å². The summed E-state index contributed by atoms with van der Waals surface area (Å²) in [4.78, 5) is 8.95. The molecule has 5 nitrogen and oxygen atoms in total. The molecule has 0 bridgehead atoms. The van der Waals surface area contributed by atoms with Crippen molar-refractivity contribution in [1.29, 1.82) is 0 Å². The molecule has 1 aromatic heterocycles. The van der Waals surface area contributed by atoms with Gasteiger partial charge in [0.2, 0.25) is 5.95 Å². The van der Waals surface area contributed by atoms with Crippen molar-refractivity contribution in [3.8, 4) is 0 Å². The zero-order chi connectivity index (χ0) is 16.9. The first-order valence-electron chi connectivity index (χ1n) is 8.83. The number of hydrogen-bond donors (Lipinski definition) is 3. The fraction of sp³-hybridized carbons (Fsp3) is 0.474. The van der Waals surface area contributed by atoms with Crippen molar-refractivity contribution in [3.63, 3.8) is 0 Å². The van der Waals surface area contributed by atoms with Crippen LogP contribution in [0.1, 0.15) is 48.9 Å². The molecule has 0 amide bonds. The van der Waals surface area contributed by atoms with Crippen LogP contribution in [-0.2, 0) is 6.54 Å². The molecule has 2 aromatic rings. The van der Waals surface area contributed by atoms with Crippen molar-refractivity contribution in [2.75, 3.05) is 24.2 Å². The Labute approximate surface area is 144 Å². The number of aromatic nitrogens is 2. The number of rotatable bonds is 8. The average Bonchev–Trinajstić information content (AvgIpc) is 3.39. The Balaban J connectivity index is 1.80. The minimum atomic E-state index is 0.631. The SMILES string of the molecule is CCCNCc1cc(Nc2nc(C)cc(NC)n2)ccc1C1CC1. The first-order valence-corrected chi connectivity index (χ1v) is 8.83. The van der Waals surface area contributed by atoms with Gasteiger partial charge in [0, 0.05) is 31.0 Å². The van der Waals surface area contributed by atoms with Crippen molar-refractivity contribution in [3.05, 3.63) is 41.1 Å². The molecule has 0 aliphatic heterocycles. The number of nitrogens with one attached hydrogen (secondary N) is 3. The third kappa shape index (κ3) is 4.23. The van der Waals surface area contributed by atoms with E-state index < -0.39 is 0 Å². The Morgan fingerprint density at radius 1 is 1.17 bits per heavy atom. The lowest BCUT2D eigenvalue weighted by Gasteiger charge is -2.13. The van der Waals surface area contributed by atoms with Gasteiger partial charge in [-0.15, -0.1) is 0 Å². The van der Waals surface area contributed by atoms with E-state index in [9.17, 15) is 0 Å². The highest BCUT2D eigenvalue weighted by Gasteiger charge is 2.25. The molecule has 1 fully saturated rings. The van der Waals surface area contributed by atoms with E-state index in [-0.39, 0.29) is 0 Å². The van der Waals surface area contributed by atoms with Gasteiger partial charge in [-0.1, -0.05) is 13.0 Å². The highest BCUT2D eigenvalue weighted by Crippen LogP contribution is 2.42. The summed E-state index contributed by atoms with van der Waals surface area (Å²) >= 11 is 0. The maximum Gasteiger partial charge on any atom is 0.229 e. The standard InChI is InChI=1S/C19H27N5/c1-4-9-21-12-15-11-16(7-8-17(15)14-5-6-14)23-19-22-13(2)10-18(20-3)24-19/h7-8,10-11,14,21H,4-6,9,12H2,1-3H3,(H2,20,22,23,24). The molecule has 1 saturated carbocycles. The van der Waals surface area contributed by atoms with Crippen molar-refractivity contribution in [2.45, 2.75) is 45.6 Å². The minimum Gasteiger partial charge on any atom is -0.373 e. The van der Waals surface area contributed by atoms with E-state index in [2.05, 4.69) is 51.0 Å². The molecular weight excluding hydrogens is 298 g/mol. The van der Waals surface area contributed by atoms with Crippen LogP contribution in [0.25, 0.3) is 0 Å². The summed E-state index contributed by atoms with van der Waals surface area (Å²) in [7, 11) is 1.87. The molecule has 1 heterocycles. The fourth-order valence-electron chi connectivity index (χ4n) is 2.91. The number of anilines is 3. The highest BCUT2D eigenvalue weighted by molar-refractivity contribution is 5.58. The third-order valence-corrected chi connectivity index (χ3v) is 4.27. The van der Waals surface area contributed by atoms with Crippen LogP contribution in [0.4, 0.5) is 17.5 Å². The van der Waals surface area contributed by atoms with Gasteiger partial charge in [-0.25, -0.2) is 4.98 Å². The first-order chi connectivity index (χ1) is 11.7. The monoisotopic (exact) mass is 325 g/mol. The van der Waals surface area contributed by atoms with E-state index >= 15 is 0 Å². The molecule has 24 heavy (non-hydrogen) atoms. The van der Waals surface area contributed by atoms with Gasteiger partial charge >= 0.3 is 0 Å². The molecule has 1 aliphatic carbocycles. The summed E-state index contributed by atoms with van der Waals surface area (Å²) in [5, 5.41) is 9.94. The zero-order valence-corrected chi connectivity index (χ0v) is 14.8. The lowest BCUT2D eigenvalue weighted by Crippen LogP contribution is -2.15. The van der Waals surface area contributed by atoms with Gasteiger partial charge in [-0.05, 0) is 61.9 Å². The van der Waals surface area contributed by atoms with Gasteiger partial charge in [-0.3, -0.25) is 0 Å². The average molecular weight is 325 g/mol. The van der Waals surface area contributed by atoms with Gasteiger partial charge in [-0.2, -0.15) is 4.98 Å². The van der Waals surface area contributed by atoms with E-state index in [1.165, 1.54) is 24.0 Å². The molecule has 3 N–H and O–H groups in total. The second-order valence-electron chi connectivity index (χ2n) is 6.46. The Morgan fingerprint density at radius 2 is 2.00 bits per heavy atom. The molecular formula is C19H27N5. The molecule has 3 rings (SSSR count). The number of nitrogens with zero attached hydrogens (tertiary/aromatic N) is 2. The Morgan fingerprint density at radius 3 is 2.71 bits per heavy atom. The first kappa shape index (κ1) is 16.7. The van der Waals surface area contributed by atoms with Gasteiger partial charge < -0.3 is 16.0 Å². The van der Waals surface area contributed by atoms with Gasteiger partial charge in [0.15, 0.2) is 0 Å². The maximum absolute atomic E-state index is 4.47. The smallest absolute Gasteiger partial charge is 0.229 e. The molecule has 0 spiro atoms. The summed E-state index contributed by atoms with van der Waals surface area (Å²) in [5.41, 5.74) is 4.86. The summed E-state index contributed by atoms with van der Waals surface area (Å²) in [6.07, 6.45) is 3.79. The zero-order valence-electron chi connectivity index (χ0n) is 14.8. The summed E-state index contributed by atoms with van der Waals surface area (Å²) in [6.45, 7) is 6.14. The quantitative estimate of drug-likeness (QED) is 0.642. The van der Waals surface area contributed by atoms with E-state index in [1.54, 1.807) is 0 Å². The molecule has 128 valence electrons.